The first-order chi connectivity index (χ1) is 14.1. The van der Waals surface area contributed by atoms with E-state index in [0.29, 0.717) is 6.67 Å². The molecule has 1 aliphatic heterocycles. The zero-order valence-electron chi connectivity index (χ0n) is 16.6. The third-order valence-electron chi connectivity index (χ3n) is 5.17. The van der Waals surface area contributed by atoms with Gasteiger partial charge >= 0.3 is 0 Å². The first-order valence-electron chi connectivity index (χ1n) is 9.30. The first-order valence-corrected chi connectivity index (χ1v) is 11.7. The Hall–Kier alpha value is -1.87. The van der Waals surface area contributed by atoms with Crippen LogP contribution in [-0.4, -0.2) is 41.7 Å². The number of fused-ring (bicyclic) bond motifs is 1. The predicted molar refractivity (Wildman–Crippen MR) is 121 cm³/mol. The molecule has 0 radical (unpaired) electrons. The third-order valence-corrected chi connectivity index (χ3v) is 7.45. The van der Waals surface area contributed by atoms with E-state index in [1.165, 1.54) is 16.7 Å². The fraction of sp³-hybridized carbons (Fsp3) is 0.333. The Kier molecular flexibility index (Phi) is 6.24. The Balaban J connectivity index is 1.78. The van der Waals surface area contributed by atoms with Crippen LogP contribution in [0.3, 0.4) is 0 Å². The van der Waals surface area contributed by atoms with Crippen molar-refractivity contribution in [2.45, 2.75) is 23.5 Å². The highest BCUT2D eigenvalue weighted by Gasteiger charge is 2.31. The normalized spacial score (nSPS) is 16.4. The highest BCUT2D eigenvalue weighted by Crippen LogP contribution is 2.41. The van der Waals surface area contributed by atoms with E-state index in [1.807, 2.05) is 17.0 Å². The minimum absolute atomic E-state index is 0.0982. The van der Waals surface area contributed by atoms with Gasteiger partial charge in [0.05, 0.1) is 26.9 Å². The number of ether oxygens (including phenoxy) is 2. The number of rotatable bonds is 6. The van der Waals surface area contributed by atoms with E-state index in [1.54, 1.807) is 37.3 Å². The van der Waals surface area contributed by atoms with Crippen LogP contribution in [0.1, 0.15) is 22.7 Å². The number of thioether (sulfide) groups is 1. The molecule has 4 rings (SSSR count). The maximum atomic E-state index is 5.60. The van der Waals surface area contributed by atoms with Crippen LogP contribution in [-0.2, 0) is 13.1 Å². The van der Waals surface area contributed by atoms with Gasteiger partial charge in [0.15, 0.2) is 19.8 Å². The van der Waals surface area contributed by atoms with Crippen LogP contribution in [0, 0.1) is 3.95 Å². The molecule has 0 aliphatic carbocycles. The van der Waals surface area contributed by atoms with Gasteiger partial charge < -0.3 is 9.47 Å². The number of aromatic nitrogens is 2. The van der Waals surface area contributed by atoms with Gasteiger partial charge in [0.2, 0.25) is 0 Å². The van der Waals surface area contributed by atoms with Gasteiger partial charge in [0, 0.05) is 6.54 Å². The minimum atomic E-state index is 0.0982. The molecule has 1 atom stereocenters. The molecule has 2 aromatic carbocycles. The third kappa shape index (κ3) is 4.07. The molecule has 0 fully saturated rings. The van der Waals surface area contributed by atoms with Gasteiger partial charge in [-0.2, -0.15) is 5.10 Å². The zero-order chi connectivity index (χ0) is 20.4. The van der Waals surface area contributed by atoms with Crippen LogP contribution >= 0.6 is 35.3 Å². The summed E-state index contributed by atoms with van der Waals surface area (Å²) >= 11 is 8.75. The zero-order valence-corrected chi connectivity index (χ0v) is 19.1. The smallest absolute Gasteiger partial charge is 0.181 e. The summed E-state index contributed by atoms with van der Waals surface area (Å²) in [6.07, 6.45) is 2.97. The molecular weight excluding hydrogens is 422 g/mol. The molecule has 0 amide bonds. The van der Waals surface area contributed by atoms with Crippen LogP contribution in [0.5, 0.6) is 11.5 Å². The average molecular weight is 446 g/mol. The summed E-state index contributed by atoms with van der Waals surface area (Å²) < 4.78 is 14.9. The van der Waals surface area contributed by atoms with Gasteiger partial charge in [0.25, 0.3) is 0 Å². The lowest BCUT2D eigenvalue weighted by atomic mass is 9.88. The molecule has 8 heteroatoms. The fourth-order valence-electron chi connectivity index (χ4n) is 3.81. The SMILES string of the molecule is COc1cc2c(cc1OC)C(c1ccccc1)N(Cn1nc(SC)sc1=S)CC2. The molecule has 152 valence electrons. The van der Waals surface area contributed by atoms with Gasteiger partial charge in [-0.1, -0.05) is 53.4 Å². The molecule has 0 saturated heterocycles. The summed E-state index contributed by atoms with van der Waals surface area (Å²) in [5, 5.41) is 4.68. The van der Waals surface area contributed by atoms with Crippen molar-refractivity contribution in [1.82, 2.24) is 14.7 Å². The fourth-order valence-corrected chi connectivity index (χ4v) is 5.54. The molecular formula is C21H23N3O2S3. The number of benzene rings is 2. The van der Waals surface area contributed by atoms with Crippen LogP contribution in [0.2, 0.25) is 0 Å². The molecule has 0 N–H and O–H groups in total. The predicted octanol–water partition coefficient (Wildman–Crippen LogP) is 5.02. The molecule has 1 unspecified atom stereocenters. The Morgan fingerprint density at radius 3 is 2.55 bits per heavy atom. The van der Waals surface area contributed by atoms with E-state index in [0.717, 1.165) is 32.8 Å². The monoisotopic (exact) mass is 445 g/mol. The summed E-state index contributed by atoms with van der Waals surface area (Å²) in [6, 6.07) is 14.9. The van der Waals surface area contributed by atoms with Crippen molar-refractivity contribution in [1.29, 1.82) is 0 Å². The van der Waals surface area contributed by atoms with Gasteiger partial charge in [0.1, 0.15) is 0 Å². The topological polar surface area (TPSA) is 39.5 Å². The van der Waals surface area contributed by atoms with Crippen LogP contribution < -0.4 is 9.47 Å². The van der Waals surface area contributed by atoms with Crippen molar-refractivity contribution in [3.63, 3.8) is 0 Å². The molecule has 1 aliphatic rings. The van der Waals surface area contributed by atoms with Crippen molar-refractivity contribution in [2.75, 3.05) is 27.0 Å². The van der Waals surface area contributed by atoms with E-state index in [9.17, 15) is 0 Å². The maximum absolute atomic E-state index is 5.60. The quantitative estimate of drug-likeness (QED) is 0.392. The Morgan fingerprint density at radius 1 is 1.17 bits per heavy atom. The second-order valence-corrected chi connectivity index (χ2v) is 9.44. The van der Waals surface area contributed by atoms with Crippen LogP contribution in [0.25, 0.3) is 0 Å². The maximum Gasteiger partial charge on any atom is 0.181 e. The summed E-state index contributed by atoms with van der Waals surface area (Å²) in [5.74, 6) is 1.53. The van der Waals surface area contributed by atoms with Crippen molar-refractivity contribution in [3.05, 3.63) is 63.1 Å². The molecule has 2 heterocycles. The minimum Gasteiger partial charge on any atom is -0.493 e. The lowest BCUT2D eigenvalue weighted by Gasteiger charge is -2.37. The van der Waals surface area contributed by atoms with E-state index < -0.39 is 0 Å². The number of hydrogen-bond acceptors (Lipinski definition) is 7. The van der Waals surface area contributed by atoms with E-state index in [-0.39, 0.29) is 6.04 Å². The Bertz CT molecular complexity index is 1050. The van der Waals surface area contributed by atoms with E-state index >= 15 is 0 Å². The van der Waals surface area contributed by atoms with E-state index in [2.05, 4.69) is 46.4 Å². The Labute approximate surface area is 184 Å². The number of hydrogen-bond donors (Lipinski definition) is 0. The number of methoxy groups -OCH3 is 2. The largest absolute Gasteiger partial charge is 0.493 e. The van der Waals surface area contributed by atoms with Crippen molar-refractivity contribution < 1.29 is 9.47 Å². The lowest BCUT2D eigenvalue weighted by molar-refractivity contribution is 0.154. The van der Waals surface area contributed by atoms with Crippen molar-refractivity contribution >= 4 is 35.3 Å². The molecule has 5 nitrogen and oxygen atoms in total. The van der Waals surface area contributed by atoms with Crippen LogP contribution in [0.15, 0.2) is 46.8 Å². The molecule has 0 bridgehead atoms. The molecule has 0 spiro atoms. The molecule has 29 heavy (non-hydrogen) atoms. The highest BCUT2D eigenvalue weighted by molar-refractivity contribution is 8.00. The standard InChI is InChI=1S/C21H23N3O2S3/c1-25-17-11-15-9-10-23(13-24-21(27)29-20(22-24)28-3)19(14-7-5-4-6-8-14)16(15)12-18(17)26-2/h4-8,11-12,19H,9-10,13H2,1-3H3. The second kappa shape index (κ2) is 8.87. The molecule has 1 aromatic heterocycles. The van der Waals surface area contributed by atoms with Gasteiger partial charge in [-0.3, -0.25) is 4.90 Å². The highest BCUT2D eigenvalue weighted by atomic mass is 32.2. The van der Waals surface area contributed by atoms with Crippen molar-refractivity contribution in [2.24, 2.45) is 0 Å². The second-order valence-electron chi connectivity index (χ2n) is 6.76. The van der Waals surface area contributed by atoms with Gasteiger partial charge in [-0.05, 0) is 53.7 Å². The summed E-state index contributed by atoms with van der Waals surface area (Å²) in [6.45, 7) is 1.57. The summed E-state index contributed by atoms with van der Waals surface area (Å²) in [5.41, 5.74) is 3.78. The molecule has 0 saturated carbocycles. The Morgan fingerprint density at radius 2 is 1.90 bits per heavy atom. The van der Waals surface area contributed by atoms with E-state index in [4.69, 9.17) is 21.7 Å². The average Bonchev–Trinajstić information content (AvgIpc) is 3.12. The van der Waals surface area contributed by atoms with Gasteiger partial charge in [-0.25, -0.2) is 4.68 Å². The van der Waals surface area contributed by atoms with Gasteiger partial charge in [-0.15, -0.1) is 0 Å². The molecule has 3 aromatic rings. The summed E-state index contributed by atoms with van der Waals surface area (Å²) in [7, 11) is 3.36. The van der Waals surface area contributed by atoms with Crippen molar-refractivity contribution in [3.8, 4) is 11.5 Å². The summed E-state index contributed by atoms with van der Waals surface area (Å²) in [4.78, 5) is 2.43. The number of nitrogens with zero attached hydrogens (tertiary/aromatic N) is 3. The first kappa shape index (κ1) is 20.4. The van der Waals surface area contributed by atoms with Crippen LogP contribution in [0.4, 0.5) is 0 Å². The lowest BCUT2D eigenvalue weighted by Crippen LogP contribution is -2.37.